The third-order valence-corrected chi connectivity index (χ3v) is 6.01. The maximum atomic E-state index is 13.5. The molecule has 0 unspecified atom stereocenters. The number of hydrogen-bond acceptors (Lipinski definition) is 8. The summed E-state index contributed by atoms with van der Waals surface area (Å²) in [7, 11) is -1.76. The van der Waals surface area contributed by atoms with Crippen LogP contribution < -0.4 is 19.6 Å². The van der Waals surface area contributed by atoms with Crippen LogP contribution in [0.15, 0.2) is 36.7 Å². The maximum Gasteiger partial charge on any atom is 0.221 e. The van der Waals surface area contributed by atoms with Crippen molar-refractivity contribution >= 4 is 44.0 Å². The fraction of sp³-hybridized carbons (Fsp3) is 0.333. The van der Waals surface area contributed by atoms with E-state index in [2.05, 4.69) is 20.1 Å². The highest BCUT2D eigenvalue weighted by Gasteiger charge is 2.24. The Morgan fingerprint density at radius 1 is 1.15 bits per heavy atom. The van der Waals surface area contributed by atoms with Gasteiger partial charge in [-0.25, -0.2) is 27.8 Å². The first-order valence-electron chi connectivity index (χ1n) is 10.2. The van der Waals surface area contributed by atoms with Gasteiger partial charge in [0.25, 0.3) is 0 Å². The summed E-state index contributed by atoms with van der Waals surface area (Å²) >= 11 is 5.89. The minimum atomic E-state index is -3.31. The van der Waals surface area contributed by atoms with Crippen molar-refractivity contribution in [2.45, 2.75) is 18.9 Å². The molecule has 2 aromatic carbocycles. The molecule has 0 radical (unpaired) electrons. The number of rotatable bonds is 7. The average Bonchev–Trinajstić information content (AvgIpc) is 2.76. The molecule has 0 amide bonds. The van der Waals surface area contributed by atoms with Gasteiger partial charge in [0, 0.05) is 30.2 Å². The van der Waals surface area contributed by atoms with E-state index < -0.39 is 15.8 Å². The molecule has 9 nitrogen and oxygen atoms in total. The summed E-state index contributed by atoms with van der Waals surface area (Å²) in [6.07, 6.45) is 3.69. The average molecular weight is 496 g/mol. The van der Waals surface area contributed by atoms with Gasteiger partial charge in [-0.05, 0) is 37.1 Å². The van der Waals surface area contributed by atoms with Gasteiger partial charge >= 0.3 is 0 Å². The monoisotopic (exact) mass is 495 g/mol. The molecule has 1 saturated heterocycles. The summed E-state index contributed by atoms with van der Waals surface area (Å²) in [4.78, 5) is 11.1. The minimum Gasteiger partial charge on any atom is -0.493 e. The van der Waals surface area contributed by atoms with Crippen molar-refractivity contribution in [3.63, 3.8) is 0 Å². The molecule has 1 aliphatic heterocycles. The van der Waals surface area contributed by atoms with E-state index in [1.165, 1.54) is 18.5 Å². The lowest BCUT2D eigenvalue weighted by atomic mass is 10.1. The van der Waals surface area contributed by atoms with E-state index in [9.17, 15) is 12.8 Å². The van der Waals surface area contributed by atoms with Crippen LogP contribution in [-0.2, 0) is 10.0 Å². The number of aromatic nitrogens is 2. The van der Waals surface area contributed by atoms with Gasteiger partial charge in [-0.15, -0.1) is 4.83 Å². The first-order valence-corrected chi connectivity index (χ1v) is 12.4. The lowest BCUT2D eigenvalue weighted by molar-refractivity contribution is 0.0869. The topological polar surface area (TPSA) is 106 Å². The predicted octanol–water partition coefficient (Wildman–Crippen LogP) is 3.48. The highest BCUT2D eigenvalue weighted by molar-refractivity contribution is 7.88. The van der Waals surface area contributed by atoms with Crippen LogP contribution in [0.1, 0.15) is 12.8 Å². The molecule has 1 aromatic heterocycles. The number of benzene rings is 2. The van der Waals surface area contributed by atoms with Crippen molar-refractivity contribution in [1.82, 2.24) is 19.8 Å². The Morgan fingerprint density at radius 2 is 1.91 bits per heavy atom. The number of nitrogens with one attached hydrogen (secondary N) is 2. The smallest absolute Gasteiger partial charge is 0.221 e. The molecule has 1 aliphatic rings. The molecule has 176 valence electrons. The first-order chi connectivity index (χ1) is 15.7. The van der Waals surface area contributed by atoms with Crippen molar-refractivity contribution in [2.75, 3.05) is 31.8 Å². The van der Waals surface area contributed by atoms with Crippen molar-refractivity contribution in [1.29, 1.82) is 0 Å². The van der Waals surface area contributed by atoms with Crippen LogP contribution in [-0.4, -0.2) is 56.0 Å². The molecule has 12 heteroatoms. The molecule has 4 rings (SSSR count). The quantitative estimate of drug-likeness (QED) is 0.513. The van der Waals surface area contributed by atoms with Crippen LogP contribution in [0.25, 0.3) is 10.9 Å². The molecule has 33 heavy (non-hydrogen) atoms. The molecule has 0 bridgehead atoms. The highest BCUT2D eigenvalue weighted by atomic mass is 35.5. The zero-order chi connectivity index (χ0) is 23.6. The van der Waals surface area contributed by atoms with Crippen molar-refractivity contribution in [2.24, 2.45) is 0 Å². The van der Waals surface area contributed by atoms with Crippen molar-refractivity contribution < 1.29 is 22.3 Å². The lowest BCUT2D eigenvalue weighted by Gasteiger charge is -2.31. The van der Waals surface area contributed by atoms with Crippen LogP contribution in [0.2, 0.25) is 5.02 Å². The molecule has 0 saturated carbocycles. The summed E-state index contributed by atoms with van der Waals surface area (Å²) < 4.78 is 48.1. The van der Waals surface area contributed by atoms with E-state index in [-0.39, 0.29) is 11.1 Å². The Labute approximate surface area is 195 Å². The third kappa shape index (κ3) is 5.80. The second-order valence-electron chi connectivity index (χ2n) is 7.66. The number of methoxy groups -OCH3 is 1. The molecule has 2 heterocycles. The van der Waals surface area contributed by atoms with Gasteiger partial charge < -0.3 is 14.8 Å². The van der Waals surface area contributed by atoms with Gasteiger partial charge in [0.2, 0.25) is 10.0 Å². The maximum absolute atomic E-state index is 13.5. The summed E-state index contributed by atoms with van der Waals surface area (Å²) in [6, 6.07) is 7.87. The Balaban J connectivity index is 1.57. The number of hydrogen-bond donors (Lipinski definition) is 2. The lowest BCUT2D eigenvalue weighted by Crippen LogP contribution is -2.48. The Morgan fingerprint density at radius 3 is 2.58 bits per heavy atom. The number of ether oxygens (including phenoxy) is 2. The molecule has 2 N–H and O–H groups in total. The van der Waals surface area contributed by atoms with E-state index in [1.807, 2.05) is 0 Å². The number of fused-ring (bicyclic) bond motifs is 1. The highest BCUT2D eigenvalue weighted by Crippen LogP contribution is 2.36. The Bertz CT molecular complexity index is 1270. The van der Waals surface area contributed by atoms with Gasteiger partial charge in [0.1, 0.15) is 24.1 Å². The van der Waals surface area contributed by atoms with Crippen molar-refractivity contribution in [3.8, 4) is 11.5 Å². The molecule has 3 aromatic rings. The minimum absolute atomic E-state index is 0.000702. The van der Waals surface area contributed by atoms with Crippen LogP contribution in [0.3, 0.4) is 0 Å². The number of halogens is 2. The zero-order valence-corrected chi connectivity index (χ0v) is 19.6. The number of nitrogens with zero attached hydrogens (tertiary/aromatic N) is 3. The van der Waals surface area contributed by atoms with E-state index in [0.29, 0.717) is 59.8 Å². The summed E-state index contributed by atoms with van der Waals surface area (Å²) in [5, 5.41) is 5.49. The fourth-order valence-electron chi connectivity index (χ4n) is 3.60. The second kappa shape index (κ2) is 9.64. The van der Waals surface area contributed by atoms with E-state index in [1.54, 1.807) is 30.3 Å². The number of anilines is 2. The van der Waals surface area contributed by atoms with E-state index in [0.717, 1.165) is 6.26 Å². The third-order valence-electron chi connectivity index (χ3n) is 5.13. The molecule has 0 atom stereocenters. The second-order valence-corrected chi connectivity index (χ2v) is 9.80. The fourth-order valence-corrected chi connectivity index (χ4v) is 4.44. The predicted molar refractivity (Wildman–Crippen MR) is 124 cm³/mol. The Hall–Kier alpha value is -2.73. The summed E-state index contributed by atoms with van der Waals surface area (Å²) in [6.45, 7) is 1.05. The van der Waals surface area contributed by atoms with Gasteiger partial charge in [0.05, 0.1) is 23.9 Å². The van der Waals surface area contributed by atoms with Crippen LogP contribution in [0.4, 0.5) is 15.9 Å². The normalized spacial score (nSPS) is 15.5. The van der Waals surface area contributed by atoms with Crippen molar-refractivity contribution in [3.05, 3.63) is 47.5 Å². The number of piperidine rings is 1. The van der Waals surface area contributed by atoms with Gasteiger partial charge in [-0.1, -0.05) is 11.6 Å². The van der Waals surface area contributed by atoms with Crippen LogP contribution >= 0.6 is 11.6 Å². The van der Waals surface area contributed by atoms with Gasteiger partial charge in [-0.3, -0.25) is 0 Å². The molecule has 1 fully saturated rings. The standard InChI is InChI=1S/C21H23ClFN5O4S/c1-31-19-11-18-15(21(25-12-24-18)26-13-3-4-17(23)16(22)9-13)10-20(19)32-14-5-7-28(8-6-14)27-33(2,29)30/h3-4,9-12,14,27H,5-8H2,1-2H3,(H,24,25,26). The largest absolute Gasteiger partial charge is 0.493 e. The van der Waals surface area contributed by atoms with Crippen LogP contribution in [0.5, 0.6) is 11.5 Å². The van der Waals surface area contributed by atoms with Crippen LogP contribution in [0, 0.1) is 5.82 Å². The van der Waals surface area contributed by atoms with E-state index >= 15 is 0 Å². The molecule has 0 aliphatic carbocycles. The number of hydrazine groups is 1. The van der Waals surface area contributed by atoms with E-state index in [4.69, 9.17) is 21.1 Å². The molecule has 0 spiro atoms. The molecular formula is C21H23ClFN5O4S. The first kappa shape index (κ1) is 23.4. The summed E-state index contributed by atoms with van der Waals surface area (Å²) in [5.74, 6) is 1.04. The number of sulfonamides is 1. The zero-order valence-electron chi connectivity index (χ0n) is 18.0. The van der Waals surface area contributed by atoms with Gasteiger partial charge in [-0.2, -0.15) is 0 Å². The Kier molecular flexibility index (Phi) is 6.84. The SMILES string of the molecule is COc1cc2ncnc(Nc3ccc(F)c(Cl)c3)c2cc1OC1CCN(NS(C)(=O)=O)CC1. The van der Waals surface area contributed by atoms with Gasteiger partial charge in [0.15, 0.2) is 11.5 Å². The molecular weight excluding hydrogens is 473 g/mol. The summed E-state index contributed by atoms with van der Waals surface area (Å²) in [5.41, 5.74) is 1.21.